The van der Waals surface area contributed by atoms with Crippen LogP contribution in [0.5, 0.6) is 5.75 Å². The van der Waals surface area contributed by atoms with E-state index in [1.54, 1.807) is 18.4 Å². The first-order valence-corrected chi connectivity index (χ1v) is 5.55. The summed E-state index contributed by atoms with van der Waals surface area (Å²) in [5.74, 6) is -0.394. The Balaban J connectivity index is 2.23. The molecule has 2 aromatic carbocycles. The molecule has 3 heteroatoms. The maximum Gasteiger partial charge on any atom is 0.335 e. The van der Waals surface area contributed by atoms with Gasteiger partial charge in [0.2, 0.25) is 0 Å². The Labute approximate surface area is 103 Å². The average Bonchev–Trinajstić information content (AvgIpc) is 2.56. The molecule has 0 saturated heterocycles. The monoisotopic (exact) mass is 238 g/mol. The molecule has 3 rings (SSSR count). The first-order valence-electron chi connectivity index (χ1n) is 5.55. The van der Waals surface area contributed by atoms with Crippen molar-refractivity contribution in [2.75, 3.05) is 0 Å². The summed E-state index contributed by atoms with van der Waals surface area (Å²) in [7, 11) is 0. The molecular weight excluding hydrogens is 228 g/mol. The average molecular weight is 238 g/mol. The number of rotatable bonds is 1. The summed E-state index contributed by atoms with van der Waals surface area (Å²) in [6.07, 6.45) is 3.63. The van der Waals surface area contributed by atoms with Crippen LogP contribution in [0.4, 0.5) is 0 Å². The third-order valence-corrected chi connectivity index (χ3v) is 2.88. The Bertz CT molecular complexity index is 745. The van der Waals surface area contributed by atoms with E-state index >= 15 is 0 Å². The summed E-state index contributed by atoms with van der Waals surface area (Å²) in [5, 5.41) is 11.0. The molecular formula is C15H10O3. The number of benzene rings is 2. The van der Waals surface area contributed by atoms with E-state index in [4.69, 9.17) is 9.84 Å². The van der Waals surface area contributed by atoms with Crippen molar-refractivity contribution in [1.82, 2.24) is 0 Å². The van der Waals surface area contributed by atoms with Crippen LogP contribution >= 0.6 is 0 Å². The highest BCUT2D eigenvalue weighted by Gasteiger charge is 2.09. The lowest BCUT2D eigenvalue weighted by Crippen LogP contribution is -2.23. The number of aromatic carboxylic acids is 1. The molecule has 0 atom stereocenters. The van der Waals surface area contributed by atoms with Crippen LogP contribution in [-0.2, 0) is 0 Å². The SMILES string of the molecule is O=C(O)c1ccc2c(c1)OC=c1ccccc1=C2. The van der Waals surface area contributed by atoms with Crippen molar-refractivity contribution < 1.29 is 14.6 Å². The number of hydrogen-bond acceptors (Lipinski definition) is 2. The van der Waals surface area contributed by atoms with Gasteiger partial charge in [-0.15, -0.1) is 0 Å². The zero-order valence-electron chi connectivity index (χ0n) is 9.46. The van der Waals surface area contributed by atoms with Gasteiger partial charge in [0.1, 0.15) is 5.75 Å². The topological polar surface area (TPSA) is 46.5 Å². The minimum absolute atomic E-state index is 0.224. The van der Waals surface area contributed by atoms with Gasteiger partial charge >= 0.3 is 5.97 Å². The molecule has 0 amide bonds. The Morgan fingerprint density at radius 1 is 1.06 bits per heavy atom. The van der Waals surface area contributed by atoms with Gasteiger partial charge < -0.3 is 9.84 Å². The van der Waals surface area contributed by atoms with Crippen LogP contribution in [0.1, 0.15) is 15.9 Å². The molecule has 3 nitrogen and oxygen atoms in total. The Hall–Kier alpha value is -2.55. The molecule has 0 bridgehead atoms. The standard InChI is InChI=1S/C15H10O3/c16-15(17)12-6-5-11-7-10-3-1-2-4-13(10)9-18-14(11)8-12/h1-9H,(H,16,17). The van der Waals surface area contributed by atoms with Crippen molar-refractivity contribution in [3.8, 4) is 5.75 Å². The van der Waals surface area contributed by atoms with E-state index in [0.717, 1.165) is 16.0 Å². The molecule has 1 N–H and O–H groups in total. The van der Waals surface area contributed by atoms with Gasteiger partial charge in [-0.2, -0.15) is 0 Å². The fourth-order valence-electron chi connectivity index (χ4n) is 1.93. The highest BCUT2D eigenvalue weighted by molar-refractivity contribution is 5.88. The fourth-order valence-corrected chi connectivity index (χ4v) is 1.93. The summed E-state index contributed by atoms with van der Waals surface area (Å²) in [5.41, 5.74) is 1.10. The smallest absolute Gasteiger partial charge is 0.335 e. The summed E-state index contributed by atoms with van der Waals surface area (Å²) in [6, 6.07) is 12.7. The van der Waals surface area contributed by atoms with E-state index in [-0.39, 0.29) is 5.56 Å². The number of hydrogen-bond donors (Lipinski definition) is 1. The van der Waals surface area contributed by atoms with Gasteiger partial charge in [-0.05, 0) is 23.4 Å². The largest absolute Gasteiger partial charge is 0.478 e. The maximum atomic E-state index is 10.9. The molecule has 0 aromatic heterocycles. The predicted octanol–water partition coefficient (Wildman–Crippen LogP) is 1.34. The molecule has 0 aliphatic carbocycles. The predicted molar refractivity (Wildman–Crippen MR) is 67.8 cm³/mol. The summed E-state index contributed by atoms with van der Waals surface area (Å²) < 4.78 is 5.55. The van der Waals surface area contributed by atoms with Gasteiger partial charge in [-0.1, -0.05) is 30.3 Å². The first kappa shape index (κ1) is 10.6. The molecule has 88 valence electrons. The lowest BCUT2D eigenvalue weighted by molar-refractivity contribution is 0.0696. The van der Waals surface area contributed by atoms with E-state index in [9.17, 15) is 4.79 Å². The minimum Gasteiger partial charge on any atom is -0.478 e. The van der Waals surface area contributed by atoms with Crippen LogP contribution in [0.2, 0.25) is 0 Å². The maximum absolute atomic E-state index is 10.9. The zero-order valence-corrected chi connectivity index (χ0v) is 9.46. The molecule has 18 heavy (non-hydrogen) atoms. The van der Waals surface area contributed by atoms with Gasteiger partial charge in [0.15, 0.2) is 0 Å². The van der Waals surface area contributed by atoms with Crippen molar-refractivity contribution in [2.24, 2.45) is 0 Å². The Kier molecular flexibility index (Phi) is 2.38. The quantitative estimate of drug-likeness (QED) is 0.815. The number of carbonyl (C=O) groups is 1. The van der Waals surface area contributed by atoms with Crippen molar-refractivity contribution in [2.45, 2.75) is 0 Å². The normalized spacial score (nSPS) is 12.0. The van der Waals surface area contributed by atoms with Gasteiger partial charge in [-0.25, -0.2) is 4.79 Å². The molecule has 0 saturated carbocycles. The van der Waals surface area contributed by atoms with Crippen LogP contribution in [0.15, 0.2) is 42.5 Å². The van der Waals surface area contributed by atoms with Crippen LogP contribution < -0.4 is 15.2 Å². The molecule has 1 aliphatic rings. The van der Waals surface area contributed by atoms with E-state index < -0.39 is 5.97 Å². The molecule has 2 aromatic rings. The zero-order chi connectivity index (χ0) is 12.5. The van der Waals surface area contributed by atoms with Gasteiger partial charge in [-0.3, -0.25) is 0 Å². The summed E-state index contributed by atoms with van der Waals surface area (Å²) in [6.45, 7) is 0. The molecule has 1 heterocycles. The highest BCUT2D eigenvalue weighted by atomic mass is 16.5. The summed E-state index contributed by atoms with van der Waals surface area (Å²) in [4.78, 5) is 10.9. The van der Waals surface area contributed by atoms with E-state index in [0.29, 0.717) is 5.75 Å². The number of ether oxygens (including phenoxy) is 1. The third kappa shape index (κ3) is 1.76. The molecule has 0 radical (unpaired) electrons. The van der Waals surface area contributed by atoms with Crippen molar-refractivity contribution in [3.05, 3.63) is 64.0 Å². The van der Waals surface area contributed by atoms with Crippen LogP contribution in [0.3, 0.4) is 0 Å². The first-order chi connectivity index (χ1) is 8.74. The number of carboxylic acid groups (broad SMARTS) is 1. The Morgan fingerprint density at radius 2 is 1.83 bits per heavy atom. The van der Waals surface area contributed by atoms with E-state index in [1.165, 1.54) is 6.07 Å². The molecule has 0 fully saturated rings. The second kappa shape index (κ2) is 4.04. The minimum atomic E-state index is -0.955. The summed E-state index contributed by atoms with van der Waals surface area (Å²) >= 11 is 0. The van der Waals surface area contributed by atoms with E-state index in [2.05, 4.69) is 0 Å². The fraction of sp³-hybridized carbons (Fsp3) is 0. The van der Waals surface area contributed by atoms with Gasteiger partial charge in [0, 0.05) is 10.8 Å². The Morgan fingerprint density at radius 3 is 2.61 bits per heavy atom. The van der Waals surface area contributed by atoms with Crippen LogP contribution in [-0.4, -0.2) is 11.1 Å². The lowest BCUT2D eigenvalue weighted by Gasteiger charge is -2.04. The number of fused-ring (bicyclic) bond motifs is 2. The van der Waals surface area contributed by atoms with Crippen molar-refractivity contribution in [3.63, 3.8) is 0 Å². The third-order valence-electron chi connectivity index (χ3n) is 2.88. The van der Waals surface area contributed by atoms with Gasteiger partial charge in [0.05, 0.1) is 11.8 Å². The molecule has 0 unspecified atom stereocenters. The van der Waals surface area contributed by atoms with E-state index in [1.807, 2.05) is 30.3 Å². The van der Waals surface area contributed by atoms with Gasteiger partial charge in [0.25, 0.3) is 0 Å². The molecule has 0 spiro atoms. The van der Waals surface area contributed by atoms with Crippen molar-refractivity contribution in [1.29, 1.82) is 0 Å². The molecule has 1 aliphatic heterocycles. The second-order valence-electron chi connectivity index (χ2n) is 4.07. The van der Waals surface area contributed by atoms with Crippen LogP contribution in [0.25, 0.3) is 12.3 Å². The van der Waals surface area contributed by atoms with Crippen molar-refractivity contribution >= 4 is 18.3 Å². The lowest BCUT2D eigenvalue weighted by atomic mass is 10.1. The number of carboxylic acids is 1. The highest BCUT2D eigenvalue weighted by Crippen LogP contribution is 2.22. The van der Waals surface area contributed by atoms with Crippen LogP contribution in [0, 0.1) is 0 Å². The second-order valence-corrected chi connectivity index (χ2v) is 4.07.